The number of thioether (sulfide) groups is 1. The molecule has 4 aliphatic rings. The van der Waals surface area contributed by atoms with E-state index in [1.807, 2.05) is 11.0 Å². The Kier molecular flexibility index (Phi) is 7.13. The van der Waals surface area contributed by atoms with Crippen molar-refractivity contribution in [3.63, 3.8) is 0 Å². The first-order valence-electron chi connectivity index (χ1n) is 14.5. The number of alkyl halides is 3. The first kappa shape index (κ1) is 28.0. The van der Waals surface area contributed by atoms with Gasteiger partial charge >= 0.3 is 6.18 Å². The fraction of sp³-hybridized carbons (Fsp3) is 0.500. The summed E-state index contributed by atoms with van der Waals surface area (Å²) in [5, 5.41) is 3.25. The molecule has 1 atom stereocenters. The molecular weight excluding hydrogens is 581 g/mol. The molecule has 1 N–H and O–H groups in total. The number of thiophene rings is 1. The zero-order chi connectivity index (χ0) is 29.2. The molecule has 1 saturated heterocycles. The normalized spacial score (nSPS) is 21.8. The second-order valence-corrected chi connectivity index (χ2v) is 14.0. The maximum atomic E-state index is 14.2. The van der Waals surface area contributed by atoms with Gasteiger partial charge in [-0.25, -0.2) is 9.97 Å². The monoisotopic (exact) mass is 614 g/mol. The highest BCUT2D eigenvalue weighted by atomic mass is 32.2. The standard InChI is InChI=1S/C30H33F3N6OS2/c1-17-16-38(10-9-37(17)2)20-7-8-23(21(13-20)18-3-4-18)35-29-34-15-22(30(31,32)33)26(36-29)24-14-25-27(42-24)28(40)39(11-12-41-25)19-5-6-19/h7-8,13-15,17-19H,3-6,9-12,16H2,1-2H3,(H,34,35,36)/t17-/m0/s1. The molecule has 2 aromatic heterocycles. The van der Waals surface area contributed by atoms with E-state index in [1.165, 1.54) is 17.4 Å². The van der Waals surface area contributed by atoms with E-state index in [0.29, 0.717) is 28.3 Å². The van der Waals surface area contributed by atoms with Crippen LogP contribution in [0, 0.1) is 0 Å². The minimum Gasteiger partial charge on any atom is -0.369 e. The van der Waals surface area contributed by atoms with Gasteiger partial charge in [0.1, 0.15) is 10.4 Å². The highest BCUT2D eigenvalue weighted by Crippen LogP contribution is 2.47. The van der Waals surface area contributed by atoms with Gasteiger partial charge < -0.3 is 20.0 Å². The van der Waals surface area contributed by atoms with Crippen molar-refractivity contribution in [1.82, 2.24) is 19.8 Å². The fourth-order valence-corrected chi connectivity index (χ4v) is 8.12. The number of likely N-dealkylation sites (N-methyl/N-ethyl adjacent to an activating group) is 1. The van der Waals surface area contributed by atoms with Crippen LogP contribution in [0.5, 0.6) is 0 Å². The smallest absolute Gasteiger partial charge is 0.369 e. The van der Waals surface area contributed by atoms with Crippen LogP contribution >= 0.6 is 23.1 Å². The number of aromatic nitrogens is 2. The fourth-order valence-electron chi connectivity index (χ4n) is 5.80. The van der Waals surface area contributed by atoms with Crippen LogP contribution in [-0.2, 0) is 6.18 Å². The lowest BCUT2D eigenvalue weighted by Crippen LogP contribution is -2.50. The van der Waals surface area contributed by atoms with Gasteiger partial charge in [-0.3, -0.25) is 4.79 Å². The van der Waals surface area contributed by atoms with Crippen LogP contribution in [0.1, 0.15) is 59.3 Å². The number of benzene rings is 1. The summed E-state index contributed by atoms with van der Waals surface area (Å²) < 4.78 is 42.5. The van der Waals surface area contributed by atoms with Crippen molar-refractivity contribution in [3.05, 3.63) is 46.5 Å². The zero-order valence-electron chi connectivity index (χ0n) is 23.6. The lowest BCUT2D eigenvalue weighted by atomic mass is 10.1. The molecule has 0 spiro atoms. The maximum Gasteiger partial charge on any atom is 0.420 e. The summed E-state index contributed by atoms with van der Waals surface area (Å²) in [5.74, 6) is 1.17. The van der Waals surface area contributed by atoms with Gasteiger partial charge in [0.2, 0.25) is 5.95 Å². The number of hydrogen-bond acceptors (Lipinski definition) is 8. The Labute approximate surface area is 251 Å². The Morgan fingerprint density at radius 1 is 1.07 bits per heavy atom. The van der Waals surface area contributed by atoms with Crippen LogP contribution < -0.4 is 10.2 Å². The number of amides is 1. The molecule has 3 aromatic rings. The number of hydrogen-bond donors (Lipinski definition) is 1. The van der Waals surface area contributed by atoms with Gasteiger partial charge in [-0.15, -0.1) is 23.1 Å². The number of nitrogens with one attached hydrogen (secondary N) is 1. The summed E-state index contributed by atoms with van der Waals surface area (Å²) in [4.78, 5) is 30.0. The van der Waals surface area contributed by atoms with Crippen LogP contribution in [0.2, 0.25) is 0 Å². The highest BCUT2D eigenvalue weighted by Gasteiger charge is 2.39. The zero-order valence-corrected chi connectivity index (χ0v) is 25.2. The number of halogens is 3. The van der Waals surface area contributed by atoms with Gasteiger partial charge in [-0.1, -0.05) is 0 Å². The summed E-state index contributed by atoms with van der Waals surface area (Å²) in [6, 6.07) is 8.69. The lowest BCUT2D eigenvalue weighted by Gasteiger charge is -2.39. The second kappa shape index (κ2) is 10.7. The molecular formula is C30H33F3N6OS2. The molecule has 7 nitrogen and oxygen atoms in total. The van der Waals surface area contributed by atoms with Crippen LogP contribution in [0.25, 0.3) is 10.6 Å². The second-order valence-electron chi connectivity index (χ2n) is 11.8. The molecule has 2 aliphatic carbocycles. The van der Waals surface area contributed by atoms with E-state index < -0.39 is 11.7 Å². The Balaban J connectivity index is 1.21. The van der Waals surface area contributed by atoms with E-state index in [1.54, 1.807) is 6.07 Å². The summed E-state index contributed by atoms with van der Waals surface area (Å²) in [6.45, 7) is 5.79. The molecule has 0 radical (unpaired) electrons. The highest BCUT2D eigenvalue weighted by molar-refractivity contribution is 7.99. The van der Waals surface area contributed by atoms with Gasteiger partial charge in [-0.2, -0.15) is 13.2 Å². The first-order valence-corrected chi connectivity index (χ1v) is 16.3. The van der Waals surface area contributed by atoms with Gasteiger partial charge in [0.15, 0.2) is 0 Å². The maximum absolute atomic E-state index is 14.2. The molecule has 4 heterocycles. The Morgan fingerprint density at radius 2 is 1.88 bits per heavy atom. The van der Waals surface area contributed by atoms with Crippen molar-refractivity contribution >= 4 is 46.3 Å². The number of piperazine rings is 1. The molecule has 12 heteroatoms. The summed E-state index contributed by atoms with van der Waals surface area (Å²) in [6.07, 6.45) is 0.370. The van der Waals surface area contributed by atoms with E-state index in [-0.39, 0.29) is 23.6 Å². The molecule has 1 amide bonds. The SMILES string of the molecule is C[C@H]1CN(c2ccc(Nc3ncc(C(F)(F)F)c(-c4cc5c(s4)C(=O)N(C4CC4)CCS5)n3)c(C3CC3)c2)CCN1C. The molecule has 0 unspecified atom stereocenters. The van der Waals surface area contributed by atoms with Crippen molar-refractivity contribution in [3.8, 4) is 10.6 Å². The van der Waals surface area contributed by atoms with Crippen molar-refractivity contribution in [2.45, 2.75) is 61.7 Å². The van der Waals surface area contributed by atoms with E-state index in [9.17, 15) is 18.0 Å². The van der Waals surface area contributed by atoms with Crippen LogP contribution in [0.15, 0.2) is 35.4 Å². The third-order valence-corrected chi connectivity index (χ3v) is 11.0. The van der Waals surface area contributed by atoms with Crippen LogP contribution in [-0.4, -0.2) is 76.7 Å². The van der Waals surface area contributed by atoms with E-state index in [0.717, 1.165) is 84.8 Å². The van der Waals surface area contributed by atoms with E-state index in [4.69, 9.17) is 0 Å². The molecule has 3 fully saturated rings. The number of nitrogens with zero attached hydrogens (tertiary/aromatic N) is 5. The molecule has 2 aliphatic heterocycles. The lowest BCUT2D eigenvalue weighted by molar-refractivity contribution is -0.137. The van der Waals surface area contributed by atoms with Crippen LogP contribution in [0.3, 0.4) is 0 Å². The molecule has 42 heavy (non-hydrogen) atoms. The average Bonchev–Trinajstić information content (AvgIpc) is 3.89. The van der Waals surface area contributed by atoms with E-state index in [2.05, 4.69) is 51.2 Å². The van der Waals surface area contributed by atoms with Crippen molar-refractivity contribution in [1.29, 1.82) is 0 Å². The number of rotatable bonds is 6. The van der Waals surface area contributed by atoms with Crippen LogP contribution in [0.4, 0.5) is 30.5 Å². The summed E-state index contributed by atoms with van der Waals surface area (Å²) in [7, 11) is 2.15. The Morgan fingerprint density at radius 3 is 2.60 bits per heavy atom. The Hall–Kier alpha value is -2.83. The summed E-state index contributed by atoms with van der Waals surface area (Å²) in [5.41, 5.74) is 2.04. The summed E-state index contributed by atoms with van der Waals surface area (Å²) >= 11 is 2.63. The minimum absolute atomic E-state index is 0.0846. The molecule has 7 rings (SSSR count). The Bertz CT molecular complexity index is 1520. The number of carbonyl (C=O) groups is 1. The average molecular weight is 615 g/mol. The predicted octanol–water partition coefficient (Wildman–Crippen LogP) is 6.70. The molecule has 1 aromatic carbocycles. The van der Waals surface area contributed by atoms with Gasteiger partial charge in [0.25, 0.3) is 5.91 Å². The number of anilines is 3. The van der Waals surface area contributed by atoms with Crippen molar-refractivity contribution in [2.75, 3.05) is 49.2 Å². The van der Waals surface area contributed by atoms with Crippen molar-refractivity contribution in [2.24, 2.45) is 0 Å². The third kappa shape index (κ3) is 5.48. The van der Waals surface area contributed by atoms with Gasteiger partial charge in [0, 0.05) is 66.5 Å². The quantitative estimate of drug-likeness (QED) is 0.332. The number of fused-ring (bicyclic) bond motifs is 1. The van der Waals surface area contributed by atoms with Crippen molar-refractivity contribution < 1.29 is 18.0 Å². The largest absolute Gasteiger partial charge is 0.420 e. The molecule has 0 bridgehead atoms. The van der Waals surface area contributed by atoms with Gasteiger partial charge in [0.05, 0.1) is 10.6 Å². The first-order chi connectivity index (χ1) is 20.2. The predicted molar refractivity (Wildman–Crippen MR) is 161 cm³/mol. The van der Waals surface area contributed by atoms with E-state index >= 15 is 0 Å². The molecule has 222 valence electrons. The van der Waals surface area contributed by atoms with Gasteiger partial charge in [-0.05, 0) is 75.4 Å². The minimum atomic E-state index is -4.63. The number of carbonyl (C=O) groups excluding carboxylic acids is 1. The molecule has 2 saturated carbocycles. The topological polar surface area (TPSA) is 64.6 Å². The third-order valence-electron chi connectivity index (χ3n) is 8.68.